The molecule has 2 fully saturated rings. The largest absolute Gasteiger partial charge is 0.365 e. The number of likely N-dealkylation sites (tertiary alicyclic amines) is 1. The van der Waals surface area contributed by atoms with Gasteiger partial charge in [0.25, 0.3) is 0 Å². The Kier molecular flexibility index (Phi) is 7.82. The lowest BCUT2D eigenvalue weighted by atomic mass is 9.83. The van der Waals surface area contributed by atoms with E-state index in [-0.39, 0.29) is 0 Å². The minimum atomic E-state index is 0.605. The topological polar surface area (TPSA) is 35.5 Å². The van der Waals surface area contributed by atoms with Gasteiger partial charge in [0.15, 0.2) is 0 Å². The van der Waals surface area contributed by atoms with Crippen molar-refractivity contribution in [1.82, 2.24) is 14.9 Å². The van der Waals surface area contributed by atoms with Gasteiger partial charge in [-0.3, -0.25) is 0 Å². The van der Waals surface area contributed by atoms with Gasteiger partial charge in [-0.25, -0.2) is 9.97 Å². The van der Waals surface area contributed by atoms with Crippen LogP contribution >= 0.6 is 11.6 Å². The molecule has 0 aliphatic carbocycles. The van der Waals surface area contributed by atoms with Crippen LogP contribution in [0.4, 0.5) is 11.5 Å². The zero-order valence-electron chi connectivity index (χ0n) is 23.6. The number of aromatic nitrogens is 2. The molecule has 3 atom stereocenters. The molecule has 2 saturated heterocycles. The lowest BCUT2D eigenvalue weighted by molar-refractivity contribution is 0.295. The second-order valence-corrected chi connectivity index (χ2v) is 12.2. The SMILES string of the molecule is C=CC1CCN(c2nc(CCC3CCCN3C)nc3c2CCN(c2cccc4cccc(Cl)c24)C3)CC1CC. The normalized spacial score (nSPS) is 23.8. The summed E-state index contributed by atoms with van der Waals surface area (Å²) >= 11 is 6.73. The fraction of sp³-hybridized carbons (Fsp3) is 0.515. The Morgan fingerprint density at radius 1 is 1.05 bits per heavy atom. The molecule has 0 spiro atoms. The minimum absolute atomic E-state index is 0.605. The van der Waals surface area contributed by atoms with Crippen LogP contribution in [0.3, 0.4) is 0 Å². The van der Waals surface area contributed by atoms with Crippen molar-refractivity contribution in [3.8, 4) is 0 Å². The number of hydrogen-bond acceptors (Lipinski definition) is 5. The van der Waals surface area contributed by atoms with E-state index in [0.29, 0.717) is 17.9 Å². The van der Waals surface area contributed by atoms with Crippen LogP contribution in [0.25, 0.3) is 10.8 Å². The van der Waals surface area contributed by atoms with Crippen molar-refractivity contribution in [2.75, 3.05) is 43.0 Å². The van der Waals surface area contributed by atoms with Gasteiger partial charge in [-0.05, 0) is 75.1 Å². The highest BCUT2D eigenvalue weighted by atomic mass is 35.5. The summed E-state index contributed by atoms with van der Waals surface area (Å²) in [7, 11) is 2.26. The van der Waals surface area contributed by atoms with Crippen molar-refractivity contribution >= 4 is 33.9 Å². The fourth-order valence-electron chi connectivity index (χ4n) is 7.20. The number of halogens is 1. The lowest BCUT2D eigenvalue weighted by Gasteiger charge is -2.40. The van der Waals surface area contributed by atoms with Crippen molar-refractivity contribution in [1.29, 1.82) is 0 Å². The molecule has 4 heterocycles. The summed E-state index contributed by atoms with van der Waals surface area (Å²) in [4.78, 5) is 18.1. The number of benzene rings is 2. The summed E-state index contributed by atoms with van der Waals surface area (Å²) < 4.78 is 0. The highest BCUT2D eigenvalue weighted by Crippen LogP contribution is 2.38. The molecule has 6 heteroatoms. The van der Waals surface area contributed by atoms with Gasteiger partial charge in [-0.15, -0.1) is 6.58 Å². The van der Waals surface area contributed by atoms with Crippen LogP contribution in [0, 0.1) is 11.8 Å². The van der Waals surface area contributed by atoms with Gasteiger partial charge in [0.05, 0.1) is 17.3 Å². The zero-order chi connectivity index (χ0) is 26.9. The molecule has 3 unspecified atom stereocenters. The van der Waals surface area contributed by atoms with Crippen LogP contribution in [0.1, 0.15) is 56.1 Å². The number of nitrogens with zero attached hydrogens (tertiary/aromatic N) is 5. The van der Waals surface area contributed by atoms with E-state index >= 15 is 0 Å². The highest BCUT2D eigenvalue weighted by Gasteiger charge is 2.31. The maximum Gasteiger partial charge on any atom is 0.135 e. The lowest BCUT2D eigenvalue weighted by Crippen LogP contribution is -2.42. The molecule has 1 aromatic heterocycles. The molecule has 3 aliphatic heterocycles. The Morgan fingerprint density at radius 3 is 2.67 bits per heavy atom. The summed E-state index contributed by atoms with van der Waals surface area (Å²) in [5, 5.41) is 3.14. The van der Waals surface area contributed by atoms with Gasteiger partial charge in [0.1, 0.15) is 11.6 Å². The number of allylic oxidation sites excluding steroid dienone is 1. The average molecular weight is 544 g/mol. The van der Waals surface area contributed by atoms with Gasteiger partial charge in [-0.1, -0.05) is 55.3 Å². The Labute approximate surface area is 238 Å². The molecule has 3 aliphatic rings. The van der Waals surface area contributed by atoms with Crippen LogP contribution in [0.2, 0.25) is 5.02 Å². The monoisotopic (exact) mass is 543 g/mol. The van der Waals surface area contributed by atoms with E-state index in [1.165, 1.54) is 54.0 Å². The standard InChI is InChI=1S/C33H42ClN5/c1-4-23-16-19-39(21-24(23)5-2)33-27-17-20-38(30-13-7-10-25-9-6-12-28(34)32(25)30)22-29(27)35-31(36-33)15-14-26-11-8-18-37(26)3/h4,6-7,9-10,12-13,23-24,26H,1,5,8,11,14-22H2,2-3H3. The van der Waals surface area contributed by atoms with Gasteiger partial charge in [-0.2, -0.15) is 0 Å². The van der Waals surface area contributed by atoms with Gasteiger partial charge >= 0.3 is 0 Å². The second-order valence-electron chi connectivity index (χ2n) is 11.8. The van der Waals surface area contributed by atoms with E-state index in [1.807, 2.05) is 12.1 Å². The fourth-order valence-corrected chi connectivity index (χ4v) is 7.48. The Balaban J connectivity index is 1.34. The molecule has 3 aromatic rings. The number of piperidine rings is 1. The quantitative estimate of drug-likeness (QED) is 0.302. The summed E-state index contributed by atoms with van der Waals surface area (Å²) in [6.45, 7) is 11.5. The summed E-state index contributed by atoms with van der Waals surface area (Å²) in [5.74, 6) is 3.45. The third-order valence-electron chi connectivity index (χ3n) is 9.55. The summed E-state index contributed by atoms with van der Waals surface area (Å²) in [6.07, 6.45) is 10.1. The first-order chi connectivity index (χ1) is 19.1. The molecule has 39 heavy (non-hydrogen) atoms. The first-order valence-corrected chi connectivity index (χ1v) is 15.3. The van der Waals surface area contributed by atoms with Gasteiger partial charge in [0, 0.05) is 48.7 Å². The molecular formula is C33H42ClN5. The van der Waals surface area contributed by atoms with Crippen molar-refractivity contribution in [2.45, 2.75) is 64.5 Å². The number of anilines is 2. The molecule has 0 N–H and O–H groups in total. The van der Waals surface area contributed by atoms with E-state index in [1.54, 1.807) is 0 Å². The first-order valence-electron chi connectivity index (χ1n) is 14.9. The molecule has 6 rings (SSSR count). The van der Waals surface area contributed by atoms with Gasteiger partial charge in [0.2, 0.25) is 0 Å². The molecule has 0 bridgehead atoms. The van der Waals surface area contributed by atoms with Crippen molar-refractivity contribution in [3.63, 3.8) is 0 Å². The highest BCUT2D eigenvalue weighted by molar-refractivity contribution is 6.36. The average Bonchev–Trinajstić information content (AvgIpc) is 3.39. The van der Waals surface area contributed by atoms with Crippen LogP contribution < -0.4 is 9.80 Å². The predicted molar refractivity (Wildman–Crippen MR) is 164 cm³/mol. The van der Waals surface area contributed by atoms with E-state index < -0.39 is 0 Å². The molecule has 0 amide bonds. The van der Waals surface area contributed by atoms with Crippen LogP contribution in [-0.4, -0.2) is 54.1 Å². The Morgan fingerprint density at radius 2 is 1.90 bits per heavy atom. The smallest absolute Gasteiger partial charge is 0.135 e. The van der Waals surface area contributed by atoms with E-state index in [9.17, 15) is 0 Å². The molecule has 0 saturated carbocycles. The van der Waals surface area contributed by atoms with Crippen LogP contribution in [0.5, 0.6) is 0 Å². The summed E-state index contributed by atoms with van der Waals surface area (Å²) in [6, 6.07) is 13.3. The van der Waals surface area contributed by atoms with E-state index in [0.717, 1.165) is 68.1 Å². The molecule has 206 valence electrons. The third kappa shape index (κ3) is 5.28. The number of fused-ring (bicyclic) bond motifs is 2. The van der Waals surface area contributed by atoms with Crippen molar-refractivity contribution in [2.24, 2.45) is 11.8 Å². The maximum absolute atomic E-state index is 6.73. The Bertz CT molecular complexity index is 1330. The van der Waals surface area contributed by atoms with E-state index in [2.05, 4.69) is 65.6 Å². The number of rotatable bonds is 7. The zero-order valence-corrected chi connectivity index (χ0v) is 24.3. The third-order valence-corrected chi connectivity index (χ3v) is 9.87. The molecule has 0 radical (unpaired) electrons. The van der Waals surface area contributed by atoms with Crippen molar-refractivity contribution in [3.05, 3.63) is 71.2 Å². The summed E-state index contributed by atoms with van der Waals surface area (Å²) in [5.41, 5.74) is 3.76. The van der Waals surface area contributed by atoms with Crippen LogP contribution in [0.15, 0.2) is 49.1 Å². The second kappa shape index (κ2) is 11.5. The van der Waals surface area contributed by atoms with E-state index in [4.69, 9.17) is 21.6 Å². The number of aryl methyl sites for hydroxylation is 1. The predicted octanol–water partition coefficient (Wildman–Crippen LogP) is 6.91. The Hall–Kier alpha value is -2.63. The van der Waals surface area contributed by atoms with Crippen molar-refractivity contribution < 1.29 is 0 Å². The number of hydrogen-bond donors (Lipinski definition) is 0. The first kappa shape index (κ1) is 26.6. The maximum atomic E-state index is 6.73. The minimum Gasteiger partial charge on any atom is -0.365 e. The molecule has 2 aromatic carbocycles. The van der Waals surface area contributed by atoms with Gasteiger partial charge < -0.3 is 14.7 Å². The van der Waals surface area contributed by atoms with Crippen LogP contribution in [-0.2, 0) is 19.4 Å². The molecular weight excluding hydrogens is 502 g/mol. The molecule has 5 nitrogen and oxygen atoms in total.